The minimum absolute atomic E-state index is 0.0163. The molecular weight excluding hydrogens is 528 g/mol. The number of nitrogens with one attached hydrogen (secondary N) is 1. The summed E-state index contributed by atoms with van der Waals surface area (Å²) >= 11 is 6.33. The minimum Gasteiger partial charge on any atom is -0.507 e. The number of phenolic OH excluding ortho intramolecular Hbond substituents is 2. The summed E-state index contributed by atoms with van der Waals surface area (Å²) in [5, 5.41) is 24.1. The summed E-state index contributed by atoms with van der Waals surface area (Å²) in [5.41, 5.74) is -0.563. The van der Waals surface area contributed by atoms with Crippen molar-refractivity contribution in [3.05, 3.63) is 57.2 Å². The number of amides is 1. The van der Waals surface area contributed by atoms with Gasteiger partial charge in [0.2, 0.25) is 0 Å². The number of aromatic hydroxyl groups is 2. The van der Waals surface area contributed by atoms with Crippen molar-refractivity contribution in [1.29, 1.82) is 0 Å². The molecule has 0 spiro atoms. The number of hydrogen-bond acceptors (Lipinski definition) is 9. The van der Waals surface area contributed by atoms with Crippen molar-refractivity contribution in [3.8, 4) is 22.8 Å². The number of alkyl carbamates (subject to hydrolysis) is 1. The van der Waals surface area contributed by atoms with Crippen LogP contribution in [0.5, 0.6) is 11.5 Å². The fraction of sp³-hybridized carbons (Fsp3) is 0.393. The van der Waals surface area contributed by atoms with E-state index in [0.29, 0.717) is 30.1 Å². The first-order valence-corrected chi connectivity index (χ1v) is 12.8. The number of benzene rings is 2. The van der Waals surface area contributed by atoms with Crippen LogP contribution in [0.1, 0.15) is 38.7 Å². The van der Waals surface area contributed by atoms with Crippen LogP contribution in [0.2, 0.25) is 5.02 Å². The van der Waals surface area contributed by atoms with E-state index in [0.717, 1.165) is 6.07 Å². The number of esters is 1. The Morgan fingerprint density at radius 1 is 1.18 bits per heavy atom. The number of hydrogen-bond donors (Lipinski definition) is 3. The molecule has 0 unspecified atom stereocenters. The van der Waals surface area contributed by atoms with Gasteiger partial charge in [0.25, 0.3) is 0 Å². The molecule has 1 aliphatic rings. The maximum atomic E-state index is 13.1. The summed E-state index contributed by atoms with van der Waals surface area (Å²) in [4.78, 5) is 39.7. The number of likely N-dealkylation sites (N-methyl/N-ethyl adjacent to an activating group) is 1. The third-order valence-electron chi connectivity index (χ3n) is 6.33. The number of halogens is 1. The van der Waals surface area contributed by atoms with E-state index in [1.165, 1.54) is 6.07 Å². The van der Waals surface area contributed by atoms with Gasteiger partial charge in [0.05, 0.1) is 5.02 Å². The molecule has 10 nitrogen and oxygen atoms in total. The van der Waals surface area contributed by atoms with Crippen LogP contribution in [0.3, 0.4) is 0 Å². The first-order chi connectivity index (χ1) is 18.3. The molecule has 3 aromatic rings. The highest BCUT2D eigenvalue weighted by Gasteiger charge is 2.36. The molecule has 0 saturated carbocycles. The van der Waals surface area contributed by atoms with Gasteiger partial charge in [-0.25, -0.2) is 4.79 Å². The van der Waals surface area contributed by atoms with Crippen LogP contribution in [0.25, 0.3) is 22.3 Å². The normalized spacial score (nSPS) is 18.1. The van der Waals surface area contributed by atoms with Crippen LogP contribution >= 0.6 is 11.6 Å². The Morgan fingerprint density at radius 3 is 2.59 bits per heavy atom. The van der Waals surface area contributed by atoms with Crippen molar-refractivity contribution in [2.45, 2.75) is 44.8 Å². The van der Waals surface area contributed by atoms with Crippen LogP contribution in [0, 0.1) is 0 Å². The fourth-order valence-corrected chi connectivity index (χ4v) is 4.89. The molecule has 0 aliphatic carbocycles. The van der Waals surface area contributed by atoms with Crippen molar-refractivity contribution in [3.63, 3.8) is 0 Å². The third kappa shape index (κ3) is 6.46. The molecule has 1 aliphatic heterocycles. The molecule has 1 aromatic heterocycles. The topological polar surface area (TPSA) is 139 Å². The second-order valence-corrected chi connectivity index (χ2v) is 10.9. The fourth-order valence-electron chi connectivity index (χ4n) is 4.66. The number of carbonyl (C=O) groups is 2. The van der Waals surface area contributed by atoms with E-state index >= 15 is 0 Å². The third-order valence-corrected chi connectivity index (χ3v) is 6.66. The van der Waals surface area contributed by atoms with Crippen molar-refractivity contribution in [2.75, 3.05) is 26.7 Å². The van der Waals surface area contributed by atoms with E-state index in [1.54, 1.807) is 45.0 Å². The quantitative estimate of drug-likeness (QED) is 0.389. The minimum atomic E-state index is -0.760. The van der Waals surface area contributed by atoms with E-state index in [-0.39, 0.29) is 28.0 Å². The maximum Gasteiger partial charge on any atom is 0.408 e. The molecule has 2 heterocycles. The van der Waals surface area contributed by atoms with Gasteiger partial charge in [-0.1, -0.05) is 23.7 Å². The van der Waals surface area contributed by atoms with Crippen LogP contribution in [0.4, 0.5) is 4.79 Å². The van der Waals surface area contributed by atoms with Crippen LogP contribution in [-0.4, -0.2) is 65.6 Å². The number of ether oxygens (including phenoxy) is 2. The summed E-state index contributed by atoms with van der Waals surface area (Å²) in [6.45, 7) is 5.62. The molecule has 2 atom stereocenters. The van der Waals surface area contributed by atoms with Crippen LogP contribution in [-0.2, 0) is 14.3 Å². The van der Waals surface area contributed by atoms with Crippen molar-refractivity contribution in [1.82, 2.24) is 10.2 Å². The number of piperidine rings is 1. The molecule has 0 radical (unpaired) electrons. The first kappa shape index (κ1) is 28.3. The van der Waals surface area contributed by atoms with E-state index in [4.69, 9.17) is 25.5 Å². The van der Waals surface area contributed by atoms with E-state index in [2.05, 4.69) is 5.32 Å². The molecule has 1 fully saturated rings. The average molecular weight is 559 g/mol. The first-order valence-electron chi connectivity index (χ1n) is 12.5. The SMILES string of the molecule is CN1CC[C@H](c2c(O)cc(O)c3c(=O)cc(-c4ccccc4Cl)oc23)[C@H](OC(=O)CNC(=O)OC(C)(C)C)C1. The molecule has 0 bridgehead atoms. The van der Waals surface area contributed by atoms with Gasteiger partial charge in [-0.15, -0.1) is 0 Å². The van der Waals surface area contributed by atoms with Gasteiger partial charge in [0.15, 0.2) is 5.43 Å². The summed E-state index contributed by atoms with van der Waals surface area (Å²) in [6, 6.07) is 9.14. The molecule has 39 heavy (non-hydrogen) atoms. The number of fused-ring (bicyclic) bond motifs is 1. The van der Waals surface area contributed by atoms with Gasteiger partial charge < -0.3 is 34.3 Å². The molecule has 3 N–H and O–H groups in total. The number of nitrogens with zero attached hydrogens (tertiary/aromatic N) is 1. The number of likely N-dealkylation sites (tertiary alicyclic amines) is 1. The van der Waals surface area contributed by atoms with Gasteiger partial charge in [0.1, 0.15) is 46.5 Å². The summed E-state index contributed by atoms with van der Waals surface area (Å²) in [7, 11) is 1.86. The number of rotatable bonds is 5. The molecule has 2 aromatic carbocycles. The summed E-state index contributed by atoms with van der Waals surface area (Å²) in [6.07, 6.45) is -1.07. The van der Waals surface area contributed by atoms with Gasteiger partial charge in [0, 0.05) is 35.7 Å². The Bertz CT molecular complexity index is 1460. The zero-order valence-electron chi connectivity index (χ0n) is 22.1. The standard InChI is InChI=1S/C28H31ClN2O8/c1-28(2,3)39-27(36)30-13-23(35)37-22-14-31(4)10-9-16(22)24-18(32)11-19(33)25-20(34)12-21(38-26(24)25)15-7-5-6-8-17(15)29/h5-8,11-12,16,22,32-33H,9-10,13-14H2,1-4H3,(H,30,36)/t16-,22+/m0/s1. The van der Waals surface area contributed by atoms with E-state index < -0.39 is 47.4 Å². The molecule has 4 rings (SSSR count). The van der Waals surface area contributed by atoms with Gasteiger partial charge in [-0.2, -0.15) is 0 Å². The van der Waals surface area contributed by atoms with Gasteiger partial charge in [-0.3, -0.25) is 9.59 Å². The monoisotopic (exact) mass is 558 g/mol. The zero-order valence-corrected chi connectivity index (χ0v) is 22.9. The second kappa shape index (κ2) is 11.2. The smallest absolute Gasteiger partial charge is 0.408 e. The lowest BCUT2D eigenvalue weighted by molar-refractivity contribution is -0.151. The zero-order chi connectivity index (χ0) is 28.5. The van der Waals surface area contributed by atoms with Gasteiger partial charge in [-0.05, 0) is 52.9 Å². The highest BCUT2D eigenvalue weighted by molar-refractivity contribution is 6.33. The Morgan fingerprint density at radius 2 is 1.90 bits per heavy atom. The van der Waals surface area contributed by atoms with E-state index in [9.17, 15) is 24.6 Å². The van der Waals surface area contributed by atoms with Crippen molar-refractivity contribution in [2.24, 2.45) is 0 Å². The Labute approximate surface area is 230 Å². The molecule has 1 saturated heterocycles. The molecular formula is C28H31ClN2O8. The van der Waals surface area contributed by atoms with Crippen LogP contribution < -0.4 is 10.7 Å². The second-order valence-electron chi connectivity index (χ2n) is 10.5. The van der Waals surface area contributed by atoms with Crippen LogP contribution in [0.15, 0.2) is 45.6 Å². The maximum absolute atomic E-state index is 13.1. The Balaban J connectivity index is 1.71. The average Bonchev–Trinajstić information content (AvgIpc) is 2.82. The summed E-state index contributed by atoms with van der Waals surface area (Å²) < 4.78 is 17.0. The van der Waals surface area contributed by atoms with Crippen molar-refractivity contribution < 1.29 is 33.7 Å². The number of carbonyl (C=O) groups excluding carboxylic acids is 2. The largest absolute Gasteiger partial charge is 0.507 e. The Kier molecular flexibility index (Phi) is 8.08. The molecule has 208 valence electrons. The predicted molar refractivity (Wildman–Crippen MR) is 145 cm³/mol. The lowest BCUT2D eigenvalue weighted by Crippen LogP contribution is -2.45. The van der Waals surface area contributed by atoms with Crippen molar-refractivity contribution >= 4 is 34.6 Å². The molecule has 1 amide bonds. The highest BCUT2D eigenvalue weighted by atomic mass is 35.5. The van der Waals surface area contributed by atoms with Gasteiger partial charge >= 0.3 is 12.1 Å². The molecule has 11 heteroatoms. The lowest BCUT2D eigenvalue weighted by atomic mass is 9.85. The number of phenols is 2. The lowest BCUT2D eigenvalue weighted by Gasteiger charge is -2.36. The summed E-state index contributed by atoms with van der Waals surface area (Å²) in [5.74, 6) is -1.87. The van der Waals surface area contributed by atoms with E-state index in [1.807, 2.05) is 11.9 Å². The highest BCUT2D eigenvalue weighted by Crippen LogP contribution is 2.43. The Hall–Kier alpha value is -3.76. The predicted octanol–water partition coefficient (Wildman–Crippen LogP) is 4.38.